The smallest absolute Gasteiger partial charge is 0.234 e. The number of hydrogen-bond donors (Lipinski definition) is 0. The van der Waals surface area contributed by atoms with Gasteiger partial charge in [0.2, 0.25) is 5.91 Å². The highest BCUT2D eigenvalue weighted by atomic mass is 16.2. The summed E-state index contributed by atoms with van der Waals surface area (Å²) in [6.45, 7) is 0. The number of Topliss-reactive ketones (excluding diaryl/α,β-unsaturated/α-hetero) is 4. The van der Waals surface area contributed by atoms with E-state index in [2.05, 4.69) is 0 Å². The number of carbonyl (C=O) groups excluding carboxylic acids is 5. The van der Waals surface area contributed by atoms with E-state index in [0.717, 1.165) is 72.2 Å². The second-order valence-corrected chi connectivity index (χ2v) is 13.7. The summed E-state index contributed by atoms with van der Waals surface area (Å²) in [7, 11) is 0. The molecule has 7 rings (SSSR count). The van der Waals surface area contributed by atoms with Crippen molar-refractivity contribution < 1.29 is 24.0 Å². The molecule has 0 spiro atoms. The third-order valence-electron chi connectivity index (χ3n) is 9.64. The van der Waals surface area contributed by atoms with Crippen molar-refractivity contribution in [3.05, 3.63) is 130 Å². The van der Waals surface area contributed by atoms with Gasteiger partial charge in [-0.05, 0) is 85.0 Å². The number of carbonyl (C=O) groups is 5. The molecule has 0 aliphatic heterocycles. The third kappa shape index (κ3) is 7.76. The summed E-state index contributed by atoms with van der Waals surface area (Å²) in [4.78, 5) is 65.5. The molecule has 0 aromatic heterocycles. The zero-order chi connectivity index (χ0) is 33.2. The molecule has 6 nitrogen and oxygen atoms in total. The number of rotatable bonds is 15. The zero-order valence-corrected chi connectivity index (χ0v) is 27.0. The van der Waals surface area contributed by atoms with Crippen molar-refractivity contribution in [1.82, 2.24) is 0 Å². The Labute approximate surface area is 281 Å². The van der Waals surface area contributed by atoms with Crippen LogP contribution in [0.4, 0.5) is 11.4 Å². The minimum Gasteiger partial charge on any atom is -0.299 e. The SMILES string of the molecule is O=C(Cc1ccc(N(C(=O)C2CC2)c2ccc(CC(=O)c3ccc(CC(=O)C4CC4)cc3)cc2)cc1)c1ccc(CC(=O)C2CC2)cc1. The second kappa shape index (κ2) is 13.6. The molecule has 3 aliphatic rings. The minimum absolute atomic E-state index is 0.00140. The minimum atomic E-state index is -0.00223. The Kier molecular flexibility index (Phi) is 8.98. The molecular formula is C42H39NO5. The highest BCUT2D eigenvalue weighted by Gasteiger charge is 2.35. The van der Waals surface area contributed by atoms with Gasteiger partial charge in [-0.15, -0.1) is 0 Å². The Morgan fingerprint density at radius 1 is 0.417 bits per heavy atom. The summed E-state index contributed by atoms with van der Waals surface area (Å²) in [6.07, 6.45) is 7.06. The van der Waals surface area contributed by atoms with E-state index in [9.17, 15) is 24.0 Å². The van der Waals surface area contributed by atoms with Crippen LogP contribution in [0.25, 0.3) is 0 Å². The van der Waals surface area contributed by atoms with Crippen molar-refractivity contribution >= 4 is 40.4 Å². The van der Waals surface area contributed by atoms with Gasteiger partial charge in [-0.25, -0.2) is 0 Å². The monoisotopic (exact) mass is 637 g/mol. The first-order chi connectivity index (χ1) is 23.3. The lowest BCUT2D eigenvalue weighted by Crippen LogP contribution is -2.27. The first-order valence-electron chi connectivity index (χ1n) is 17.1. The van der Waals surface area contributed by atoms with E-state index in [-0.39, 0.29) is 59.6 Å². The lowest BCUT2D eigenvalue weighted by atomic mass is 9.99. The molecule has 0 atom stereocenters. The molecule has 0 saturated heterocycles. The van der Waals surface area contributed by atoms with Crippen LogP contribution in [0.2, 0.25) is 0 Å². The number of anilines is 2. The summed E-state index contributed by atoms with van der Waals surface area (Å²) in [5.74, 6) is 1.06. The normalized spacial score (nSPS) is 15.5. The second-order valence-electron chi connectivity index (χ2n) is 13.7. The molecule has 3 aliphatic carbocycles. The van der Waals surface area contributed by atoms with Crippen LogP contribution >= 0.6 is 0 Å². The van der Waals surface area contributed by atoms with Crippen LogP contribution in [0.1, 0.15) is 81.5 Å². The largest absolute Gasteiger partial charge is 0.299 e. The van der Waals surface area contributed by atoms with E-state index in [1.807, 2.05) is 72.8 Å². The van der Waals surface area contributed by atoms with E-state index < -0.39 is 0 Å². The van der Waals surface area contributed by atoms with Gasteiger partial charge in [-0.3, -0.25) is 28.9 Å². The Morgan fingerprint density at radius 3 is 1.06 bits per heavy atom. The van der Waals surface area contributed by atoms with Crippen molar-refractivity contribution in [3.8, 4) is 0 Å². The molecule has 6 heteroatoms. The Balaban J connectivity index is 0.983. The number of amides is 1. The van der Waals surface area contributed by atoms with E-state index in [1.54, 1.807) is 29.2 Å². The Hall–Kier alpha value is -4.97. The van der Waals surface area contributed by atoms with Crippen molar-refractivity contribution in [2.75, 3.05) is 4.90 Å². The van der Waals surface area contributed by atoms with Crippen molar-refractivity contribution in [1.29, 1.82) is 0 Å². The molecule has 3 saturated carbocycles. The third-order valence-corrected chi connectivity index (χ3v) is 9.64. The molecule has 1 amide bonds. The van der Waals surface area contributed by atoms with Gasteiger partial charge in [0, 0.05) is 65.9 Å². The zero-order valence-electron chi connectivity index (χ0n) is 27.0. The van der Waals surface area contributed by atoms with Crippen molar-refractivity contribution in [2.45, 2.75) is 64.2 Å². The number of hydrogen-bond acceptors (Lipinski definition) is 5. The van der Waals surface area contributed by atoms with Crippen LogP contribution in [0.5, 0.6) is 0 Å². The molecule has 0 N–H and O–H groups in total. The standard InChI is InChI=1S/C42H39NO5/c44-38(31-9-1-27(2-10-31)23-40(46)33-13-14-33)25-29-5-19-36(20-6-29)43(42(48)35-17-18-35)37-21-7-30(8-22-37)26-39(45)32-11-3-28(4-12-32)24-41(47)34-15-16-34/h1-12,19-22,33-35H,13-18,23-26H2. The quantitative estimate of drug-likeness (QED) is 0.125. The maximum atomic E-state index is 13.4. The Morgan fingerprint density at radius 2 is 0.729 bits per heavy atom. The molecule has 0 unspecified atom stereocenters. The van der Waals surface area contributed by atoms with Crippen LogP contribution in [-0.2, 0) is 40.1 Å². The maximum Gasteiger partial charge on any atom is 0.234 e. The lowest BCUT2D eigenvalue weighted by molar-refractivity contribution is -0.120. The van der Waals surface area contributed by atoms with Crippen LogP contribution < -0.4 is 4.90 Å². The predicted octanol–water partition coefficient (Wildman–Crippen LogP) is 7.66. The fourth-order valence-corrected chi connectivity index (χ4v) is 6.14. The molecule has 242 valence electrons. The van der Waals surface area contributed by atoms with Gasteiger partial charge in [-0.2, -0.15) is 0 Å². The molecule has 4 aromatic carbocycles. The highest BCUT2D eigenvalue weighted by Crippen LogP contribution is 2.37. The van der Waals surface area contributed by atoms with Gasteiger partial charge in [0.25, 0.3) is 0 Å². The topological polar surface area (TPSA) is 88.6 Å². The van der Waals surface area contributed by atoms with E-state index in [1.165, 1.54) is 0 Å². The summed E-state index contributed by atoms with van der Waals surface area (Å²) < 4.78 is 0. The van der Waals surface area contributed by atoms with Gasteiger partial charge in [-0.1, -0.05) is 72.8 Å². The average molecular weight is 638 g/mol. The fraction of sp³-hybridized carbons (Fsp3) is 0.310. The summed E-state index contributed by atoms with van der Waals surface area (Å²) in [6, 6.07) is 29.8. The first kappa shape index (κ1) is 31.6. The summed E-state index contributed by atoms with van der Waals surface area (Å²) >= 11 is 0. The van der Waals surface area contributed by atoms with Crippen molar-refractivity contribution in [2.24, 2.45) is 17.8 Å². The van der Waals surface area contributed by atoms with Crippen LogP contribution in [0, 0.1) is 17.8 Å². The Bertz CT molecular complexity index is 1720. The number of ketones is 4. The average Bonchev–Trinajstić information content (AvgIpc) is 3.94. The van der Waals surface area contributed by atoms with E-state index in [4.69, 9.17) is 0 Å². The van der Waals surface area contributed by atoms with Gasteiger partial charge < -0.3 is 0 Å². The highest BCUT2D eigenvalue weighted by molar-refractivity contribution is 6.03. The number of benzene rings is 4. The molecule has 0 heterocycles. The fourth-order valence-electron chi connectivity index (χ4n) is 6.14. The molecular weight excluding hydrogens is 598 g/mol. The summed E-state index contributed by atoms with van der Waals surface area (Å²) in [5, 5.41) is 0. The maximum absolute atomic E-state index is 13.4. The van der Waals surface area contributed by atoms with Gasteiger partial charge in [0.1, 0.15) is 11.6 Å². The van der Waals surface area contributed by atoms with Gasteiger partial charge >= 0.3 is 0 Å². The molecule has 3 fully saturated rings. The molecule has 0 bridgehead atoms. The predicted molar refractivity (Wildman–Crippen MR) is 185 cm³/mol. The molecule has 0 radical (unpaired) electrons. The van der Waals surface area contributed by atoms with E-state index in [0.29, 0.717) is 24.0 Å². The van der Waals surface area contributed by atoms with Crippen molar-refractivity contribution in [3.63, 3.8) is 0 Å². The summed E-state index contributed by atoms with van der Waals surface area (Å²) in [5.41, 5.74) is 6.28. The van der Waals surface area contributed by atoms with Crippen LogP contribution in [-0.4, -0.2) is 29.0 Å². The number of nitrogens with zero attached hydrogens (tertiary/aromatic N) is 1. The van der Waals surface area contributed by atoms with E-state index >= 15 is 0 Å². The van der Waals surface area contributed by atoms with Crippen LogP contribution in [0.3, 0.4) is 0 Å². The molecule has 48 heavy (non-hydrogen) atoms. The first-order valence-corrected chi connectivity index (χ1v) is 17.1. The lowest BCUT2D eigenvalue weighted by Gasteiger charge is -2.23. The van der Waals surface area contributed by atoms with Crippen LogP contribution in [0.15, 0.2) is 97.1 Å². The molecule has 4 aromatic rings. The van der Waals surface area contributed by atoms with Gasteiger partial charge in [0.15, 0.2) is 11.6 Å². The van der Waals surface area contributed by atoms with Gasteiger partial charge in [0.05, 0.1) is 0 Å².